The van der Waals surface area contributed by atoms with Crippen molar-refractivity contribution in [2.45, 2.75) is 45.1 Å². The lowest BCUT2D eigenvalue weighted by atomic mass is 9.72. The van der Waals surface area contributed by atoms with Crippen LogP contribution in [0.1, 0.15) is 38.2 Å². The molecule has 1 aromatic carbocycles. The van der Waals surface area contributed by atoms with Crippen LogP contribution in [0.3, 0.4) is 0 Å². The number of benzene rings is 1. The van der Waals surface area contributed by atoms with Gasteiger partial charge < -0.3 is 19.9 Å². The number of piperidine rings is 2. The van der Waals surface area contributed by atoms with E-state index in [9.17, 15) is 14.4 Å². The Bertz CT molecular complexity index is 729. The number of ether oxygens (including phenoxy) is 1. The van der Waals surface area contributed by atoms with E-state index in [2.05, 4.69) is 22.2 Å². The molecule has 2 aliphatic heterocycles. The lowest BCUT2D eigenvalue weighted by Crippen LogP contribution is -2.55. The Morgan fingerprint density at radius 3 is 2.52 bits per heavy atom. The number of rotatable bonds is 5. The van der Waals surface area contributed by atoms with E-state index in [1.54, 1.807) is 6.92 Å². The van der Waals surface area contributed by atoms with Crippen LogP contribution in [0, 0.1) is 5.41 Å². The van der Waals surface area contributed by atoms with Gasteiger partial charge in [0.2, 0.25) is 11.8 Å². The molecule has 1 unspecified atom stereocenters. The molecule has 2 saturated heterocycles. The van der Waals surface area contributed by atoms with Gasteiger partial charge in [0.15, 0.2) is 0 Å². The number of nitrogens with one attached hydrogen (secondary N) is 1. The van der Waals surface area contributed by atoms with Crippen LogP contribution in [-0.2, 0) is 20.7 Å². The van der Waals surface area contributed by atoms with Gasteiger partial charge in [-0.3, -0.25) is 9.59 Å². The van der Waals surface area contributed by atoms with Crippen molar-refractivity contribution in [3.05, 3.63) is 35.9 Å². The van der Waals surface area contributed by atoms with Crippen molar-refractivity contribution >= 4 is 17.9 Å². The van der Waals surface area contributed by atoms with Crippen molar-refractivity contribution in [2.24, 2.45) is 5.41 Å². The molecule has 2 fully saturated rings. The van der Waals surface area contributed by atoms with Gasteiger partial charge in [0, 0.05) is 32.6 Å². The Morgan fingerprint density at radius 1 is 1.17 bits per heavy atom. The quantitative estimate of drug-likeness (QED) is 0.820. The van der Waals surface area contributed by atoms with E-state index in [1.807, 2.05) is 28.0 Å². The molecular formula is C22H31N3O4. The minimum atomic E-state index is -0.605. The minimum Gasteiger partial charge on any atom is -0.453 e. The van der Waals surface area contributed by atoms with Gasteiger partial charge >= 0.3 is 6.09 Å². The summed E-state index contributed by atoms with van der Waals surface area (Å²) < 4.78 is 4.57. The Labute approximate surface area is 172 Å². The molecule has 0 radical (unpaired) electrons. The van der Waals surface area contributed by atoms with E-state index in [-0.39, 0.29) is 17.2 Å². The van der Waals surface area contributed by atoms with Crippen molar-refractivity contribution in [3.8, 4) is 0 Å². The highest BCUT2D eigenvalue weighted by Crippen LogP contribution is 2.40. The fourth-order valence-corrected chi connectivity index (χ4v) is 4.40. The van der Waals surface area contributed by atoms with Crippen LogP contribution in [0.5, 0.6) is 0 Å². The summed E-state index contributed by atoms with van der Waals surface area (Å²) in [5.41, 5.74) is 1.34. The maximum Gasteiger partial charge on any atom is 0.407 e. The molecule has 29 heavy (non-hydrogen) atoms. The van der Waals surface area contributed by atoms with E-state index in [4.69, 9.17) is 0 Å². The maximum atomic E-state index is 12.6. The van der Waals surface area contributed by atoms with Gasteiger partial charge in [-0.05, 0) is 43.6 Å². The van der Waals surface area contributed by atoms with E-state index < -0.39 is 12.1 Å². The Hall–Kier alpha value is -2.57. The van der Waals surface area contributed by atoms with Gasteiger partial charge in [-0.1, -0.05) is 30.3 Å². The number of hydrogen-bond acceptors (Lipinski definition) is 4. The van der Waals surface area contributed by atoms with Gasteiger partial charge in [0.05, 0.1) is 7.11 Å². The predicted octanol–water partition coefficient (Wildman–Crippen LogP) is 2.20. The highest BCUT2D eigenvalue weighted by atomic mass is 16.5. The third-order valence-corrected chi connectivity index (χ3v) is 6.29. The zero-order valence-corrected chi connectivity index (χ0v) is 17.4. The van der Waals surface area contributed by atoms with E-state index >= 15 is 0 Å². The summed E-state index contributed by atoms with van der Waals surface area (Å²) in [5, 5.41) is 2.54. The van der Waals surface area contributed by atoms with Crippen LogP contribution in [0.15, 0.2) is 30.3 Å². The fourth-order valence-electron chi connectivity index (χ4n) is 4.40. The van der Waals surface area contributed by atoms with Crippen LogP contribution in [0.2, 0.25) is 0 Å². The molecule has 0 aromatic heterocycles. The summed E-state index contributed by atoms with van der Waals surface area (Å²) in [6, 6.07) is 9.64. The van der Waals surface area contributed by atoms with Crippen LogP contribution in [0.25, 0.3) is 0 Å². The van der Waals surface area contributed by atoms with Gasteiger partial charge in [0.25, 0.3) is 0 Å². The summed E-state index contributed by atoms with van der Waals surface area (Å²) in [5.74, 6) is 0.152. The molecule has 2 heterocycles. The topological polar surface area (TPSA) is 79.0 Å². The van der Waals surface area contributed by atoms with Gasteiger partial charge in [-0.2, -0.15) is 0 Å². The summed E-state index contributed by atoms with van der Waals surface area (Å²) in [7, 11) is 1.28. The van der Waals surface area contributed by atoms with E-state index in [0.29, 0.717) is 19.5 Å². The molecule has 3 amide bonds. The molecule has 158 valence electrons. The number of methoxy groups -OCH3 is 1. The summed E-state index contributed by atoms with van der Waals surface area (Å²) >= 11 is 0. The Morgan fingerprint density at radius 2 is 1.86 bits per heavy atom. The Kier molecular flexibility index (Phi) is 6.77. The number of carbonyl (C=O) groups is 3. The molecule has 1 atom stereocenters. The monoisotopic (exact) mass is 401 g/mol. The first kappa shape index (κ1) is 21.1. The zero-order chi connectivity index (χ0) is 20.9. The number of amides is 3. The smallest absolute Gasteiger partial charge is 0.407 e. The first-order valence-corrected chi connectivity index (χ1v) is 10.4. The zero-order valence-electron chi connectivity index (χ0n) is 17.4. The van der Waals surface area contributed by atoms with E-state index in [1.165, 1.54) is 12.7 Å². The lowest BCUT2D eigenvalue weighted by molar-refractivity contribution is -0.143. The molecule has 1 aromatic rings. The van der Waals surface area contributed by atoms with Crippen molar-refractivity contribution in [1.29, 1.82) is 0 Å². The molecule has 0 saturated carbocycles. The minimum absolute atomic E-state index is 0.0851. The molecule has 3 rings (SSSR count). The number of hydrogen-bond donors (Lipinski definition) is 1. The average Bonchev–Trinajstić information content (AvgIpc) is 2.75. The van der Waals surface area contributed by atoms with Crippen LogP contribution >= 0.6 is 0 Å². The number of nitrogens with zero attached hydrogens (tertiary/aromatic N) is 2. The van der Waals surface area contributed by atoms with Crippen LogP contribution in [-0.4, -0.2) is 67.0 Å². The van der Waals surface area contributed by atoms with Gasteiger partial charge in [0.1, 0.15) is 6.04 Å². The summed E-state index contributed by atoms with van der Waals surface area (Å²) in [4.78, 5) is 40.2. The standard InChI is InChI=1S/C22H31N3O4/c1-17(23-21(28)29-2)20(27)24-14-11-22(12-15-24)10-8-19(26)25(16-22)13-9-18-6-4-3-5-7-18/h3-7,17H,8-16H2,1-2H3,(H,23,28). The SMILES string of the molecule is COC(=O)NC(C)C(=O)N1CCC2(CCC(=O)N(CCc3ccccc3)C2)CC1. The third kappa shape index (κ3) is 5.28. The second-order valence-electron chi connectivity index (χ2n) is 8.23. The second-order valence-corrected chi connectivity index (χ2v) is 8.23. The normalized spacial score (nSPS) is 19.7. The first-order chi connectivity index (χ1) is 13.9. The van der Waals surface area contributed by atoms with Crippen molar-refractivity contribution in [2.75, 3.05) is 33.3 Å². The first-order valence-electron chi connectivity index (χ1n) is 10.4. The highest BCUT2D eigenvalue weighted by molar-refractivity contribution is 5.85. The lowest BCUT2D eigenvalue weighted by Gasteiger charge is -2.47. The molecule has 7 nitrogen and oxygen atoms in total. The molecule has 0 bridgehead atoms. The van der Waals surface area contributed by atoms with Crippen molar-refractivity contribution < 1.29 is 19.1 Å². The molecule has 0 aliphatic carbocycles. The molecular weight excluding hydrogens is 370 g/mol. The second kappa shape index (κ2) is 9.29. The van der Waals surface area contributed by atoms with Gasteiger partial charge in [-0.15, -0.1) is 0 Å². The largest absolute Gasteiger partial charge is 0.453 e. The van der Waals surface area contributed by atoms with Crippen LogP contribution < -0.4 is 5.32 Å². The summed E-state index contributed by atoms with van der Waals surface area (Å²) in [6.45, 7) is 4.51. The predicted molar refractivity (Wildman–Crippen MR) is 109 cm³/mol. The number of likely N-dealkylation sites (tertiary alicyclic amines) is 2. The molecule has 1 spiro atoms. The fraction of sp³-hybridized carbons (Fsp3) is 0.591. The number of carbonyl (C=O) groups excluding carboxylic acids is 3. The summed E-state index contributed by atoms with van der Waals surface area (Å²) in [6.07, 6.45) is 3.52. The molecule has 7 heteroatoms. The maximum absolute atomic E-state index is 12.6. The third-order valence-electron chi connectivity index (χ3n) is 6.29. The van der Waals surface area contributed by atoms with Gasteiger partial charge in [-0.25, -0.2) is 4.79 Å². The van der Waals surface area contributed by atoms with E-state index in [0.717, 1.165) is 38.8 Å². The Balaban J connectivity index is 1.53. The molecule has 1 N–H and O–H groups in total. The van der Waals surface area contributed by atoms with Crippen molar-refractivity contribution in [1.82, 2.24) is 15.1 Å². The average molecular weight is 402 g/mol. The molecule has 2 aliphatic rings. The highest BCUT2D eigenvalue weighted by Gasteiger charge is 2.42. The number of alkyl carbamates (subject to hydrolysis) is 1. The van der Waals surface area contributed by atoms with Crippen LogP contribution in [0.4, 0.5) is 4.79 Å². The van der Waals surface area contributed by atoms with Crippen molar-refractivity contribution in [3.63, 3.8) is 0 Å².